The first-order chi connectivity index (χ1) is 12.6. The highest BCUT2D eigenvalue weighted by atomic mass is 80.0. The van der Waals surface area contributed by atoms with Crippen LogP contribution in [0.25, 0.3) is 0 Å². The molecule has 0 amide bonds. The number of hydrogen-bond donors (Lipinski definition) is 0. The fourth-order valence-electron chi connectivity index (χ4n) is 1.40. The molecule has 0 aliphatic carbocycles. The summed E-state index contributed by atoms with van der Waals surface area (Å²) in [5.74, 6) is 0. The Balaban J connectivity index is 6.89. The van der Waals surface area contributed by atoms with Gasteiger partial charge in [0.1, 0.15) is 19.4 Å². The summed E-state index contributed by atoms with van der Waals surface area (Å²) in [6, 6.07) is 0. The first-order valence-electron chi connectivity index (χ1n) is 5.96. The maximum atomic E-state index is 11.8. The summed E-state index contributed by atoms with van der Waals surface area (Å²) in [5.41, 5.74) is 0. The van der Waals surface area contributed by atoms with Crippen LogP contribution >= 0.6 is 303 Å². The van der Waals surface area contributed by atoms with E-state index < -0.39 is 27.3 Å². The Hall–Kier alpha value is 9.14. The van der Waals surface area contributed by atoms with Crippen LogP contribution < -0.4 is 0 Å². The zero-order valence-electron chi connectivity index (χ0n) is 12.5. The lowest BCUT2D eigenvalue weighted by atomic mass is 10.1. The molecule has 0 aromatic heterocycles. The van der Waals surface area contributed by atoms with Crippen LogP contribution in [0, 0.1) is 0 Å². The number of halogens is 19. The van der Waals surface area contributed by atoms with Crippen molar-refractivity contribution in [1.29, 1.82) is 0 Å². The second-order valence-corrected chi connectivity index (χ2v) is 41.3. The Kier molecular flexibility index (Phi) is 16.7. The van der Waals surface area contributed by atoms with Crippen molar-refractivity contribution in [3.63, 3.8) is 0 Å². The van der Waals surface area contributed by atoms with Crippen molar-refractivity contribution in [2.24, 2.45) is 0 Å². The predicted molar refractivity (Wildman–Crippen MR) is 202 cm³/mol. The van der Waals surface area contributed by atoms with Gasteiger partial charge >= 0.3 is 14.2 Å². The molecule has 0 unspecified atom stereocenters. The minimum atomic E-state index is -1.20. The maximum absolute atomic E-state index is 11.8. The molecule has 0 spiro atoms. The molecule has 0 N–H and O–H groups in total. The minimum Gasteiger partial charge on any atom is -0.0675 e. The van der Waals surface area contributed by atoms with Gasteiger partial charge in [0.15, 0.2) is 5.38 Å². The van der Waals surface area contributed by atoms with Crippen LogP contribution in [0.4, 0.5) is 0 Å². The van der Waals surface area contributed by atoms with Gasteiger partial charge in [-0.05, 0) is 0 Å². The van der Waals surface area contributed by atoms with Crippen molar-refractivity contribution in [1.82, 2.24) is 0 Å². The van der Waals surface area contributed by atoms with Gasteiger partial charge in [0, 0.05) is 36.1 Å². The standard InChI is InChI=1S/C9Br19OS/c10-1(11,2(12,13)4(16,17)6(20,21)8(24,25)26)3(14,15)5(18,19)7(22,23)9(27,28)30-29/q+1. The SMILES string of the molecule is O=[S+]C(Br)(Br)C(Br)(Br)C(Br)(Br)C(Br)(Br)C(Br)(Br)C(Br)(Br)C(Br)(Br)C(Br)(Br)C(Br)(Br)Br. The molecule has 0 aromatic rings. The molecule has 0 bridgehead atoms. The number of alkyl halides is 19. The third-order valence-corrected chi connectivity index (χ3v) is 42.7. The van der Waals surface area contributed by atoms with E-state index in [2.05, 4.69) is 303 Å². The third kappa shape index (κ3) is 6.85. The van der Waals surface area contributed by atoms with Crippen LogP contribution in [0.2, 0.25) is 0 Å². The molecule has 0 saturated carbocycles. The van der Waals surface area contributed by atoms with Crippen molar-refractivity contribution in [3.8, 4) is 0 Å². The molecule has 21 heteroatoms. The van der Waals surface area contributed by atoms with E-state index in [-0.39, 0.29) is 0 Å². The molecule has 0 fully saturated rings. The number of hydrogen-bond acceptors (Lipinski definition) is 1. The highest BCUT2D eigenvalue weighted by Crippen LogP contribution is 2.79. The highest BCUT2D eigenvalue weighted by Gasteiger charge is 2.80. The summed E-state index contributed by atoms with van der Waals surface area (Å²) in [5, 5.41) is 0. The highest BCUT2D eigenvalue weighted by molar-refractivity contribution is 9.42. The molecular formula is C9Br19OS+. The van der Waals surface area contributed by atoms with Gasteiger partial charge in [0.05, 0.1) is 0 Å². The fourth-order valence-corrected chi connectivity index (χ4v) is 18.9. The van der Waals surface area contributed by atoms with Crippen molar-refractivity contribution in [2.45, 2.75) is 27.3 Å². The molecule has 0 heterocycles. The summed E-state index contributed by atoms with van der Waals surface area (Å²) in [6.45, 7) is 0. The normalized spacial score (nSPS) is 16.6. The van der Waals surface area contributed by atoms with E-state index in [0.29, 0.717) is 11.7 Å². The van der Waals surface area contributed by atoms with E-state index in [1.807, 2.05) is 0 Å². The minimum absolute atomic E-state index is 0.290. The van der Waals surface area contributed by atoms with E-state index in [0.717, 1.165) is 0 Å². The van der Waals surface area contributed by atoms with Crippen LogP contribution in [-0.2, 0) is 15.9 Å². The van der Waals surface area contributed by atoms with E-state index >= 15 is 0 Å². The van der Waals surface area contributed by atoms with E-state index in [1.54, 1.807) is 0 Å². The van der Waals surface area contributed by atoms with E-state index in [9.17, 15) is 4.21 Å². The molecule has 0 rings (SSSR count). The molecule has 0 radical (unpaired) electrons. The topological polar surface area (TPSA) is 17.1 Å². The monoisotopic (exact) mass is 1660 g/mol. The van der Waals surface area contributed by atoms with Crippen LogP contribution in [0.3, 0.4) is 0 Å². The summed E-state index contributed by atoms with van der Waals surface area (Å²) in [6.07, 6.45) is 0. The van der Waals surface area contributed by atoms with Crippen LogP contribution in [0.5, 0.6) is 0 Å². The lowest BCUT2D eigenvalue weighted by molar-refractivity contribution is 0.576. The molecule has 0 saturated heterocycles. The maximum Gasteiger partial charge on any atom is 0.492 e. The van der Waals surface area contributed by atoms with Crippen molar-refractivity contribution in [3.05, 3.63) is 0 Å². The number of rotatable bonds is 8. The van der Waals surface area contributed by atoms with Crippen molar-refractivity contribution >= 4 is 314 Å². The van der Waals surface area contributed by atoms with Gasteiger partial charge in [-0.15, -0.1) is 0 Å². The molecule has 0 atom stereocenters. The molecule has 0 aliphatic rings. The molecule has 180 valence electrons. The zero-order valence-corrected chi connectivity index (χ0v) is 43.4. The van der Waals surface area contributed by atoms with Crippen LogP contribution in [0.1, 0.15) is 0 Å². The van der Waals surface area contributed by atoms with Crippen LogP contribution in [0.15, 0.2) is 0 Å². The molecule has 0 aromatic carbocycles. The Labute approximate surface area is 338 Å². The van der Waals surface area contributed by atoms with Gasteiger partial charge < -0.3 is 0 Å². The molecule has 30 heavy (non-hydrogen) atoms. The lowest BCUT2D eigenvalue weighted by Gasteiger charge is -2.57. The van der Waals surface area contributed by atoms with Crippen LogP contribution in [-0.4, -0.2) is 27.3 Å². The van der Waals surface area contributed by atoms with Gasteiger partial charge in [-0.2, -0.15) is 0 Å². The third-order valence-electron chi connectivity index (χ3n) is 3.19. The quantitative estimate of drug-likeness (QED) is 0.175. The van der Waals surface area contributed by atoms with E-state index in [1.165, 1.54) is 0 Å². The first kappa shape index (κ1) is 39.1. The summed E-state index contributed by atoms with van der Waals surface area (Å²) in [7, 11) is 0. The Morgan fingerprint density at radius 1 is 0.333 bits per heavy atom. The molecule has 1 nitrogen and oxygen atoms in total. The fraction of sp³-hybridized carbons (Fsp3) is 1.00. The smallest absolute Gasteiger partial charge is 0.0675 e. The summed E-state index contributed by atoms with van der Waals surface area (Å²) in [4.78, 5) is 0. The lowest BCUT2D eigenvalue weighted by Crippen LogP contribution is -2.69. The van der Waals surface area contributed by atoms with Crippen molar-refractivity contribution < 1.29 is 4.21 Å². The Morgan fingerprint density at radius 2 is 0.533 bits per heavy atom. The van der Waals surface area contributed by atoms with Gasteiger partial charge in [0.2, 0.25) is 0 Å². The summed E-state index contributed by atoms with van der Waals surface area (Å²) < 4.78 is 2.20. The Morgan fingerprint density at radius 3 is 0.733 bits per heavy atom. The largest absolute Gasteiger partial charge is 0.492 e. The predicted octanol–water partition coefficient (Wildman–Crippen LogP) is 14.1. The van der Waals surface area contributed by atoms with Gasteiger partial charge in [-0.25, -0.2) is 0 Å². The second-order valence-electron chi connectivity index (χ2n) is 5.12. The average Bonchev–Trinajstić information content (AvgIpc) is 2.52. The average molecular weight is 1670 g/mol. The zero-order chi connectivity index (χ0) is 25.2. The van der Waals surface area contributed by atoms with Crippen molar-refractivity contribution in [2.75, 3.05) is 0 Å². The summed E-state index contributed by atoms with van der Waals surface area (Å²) >= 11 is 70.1. The first-order valence-corrected chi connectivity index (χ1v) is 21.8. The molecular weight excluding hydrogens is 1670 g/mol. The van der Waals surface area contributed by atoms with Gasteiger partial charge in [0.25, 0.3) is 0 Å². The Bertz CT molecular complexity index is 659. The second kappa shape index (κ2) is 12.8. The van der Waals surface area contributed by atoms with Gasteiger partial charge in [-0.1, -0.05) is 271 Å². The van der Waals surface area contributed by atoms with E-state index in [4.69, 9.17) is 0 Å². The van der Waals surface area contributed by atoms with Gasteiger partial charge in [-0.3, -0.25) is 0 Å². The molecule has 0 aliphatic heterocycles.